The summed E-state index contributed by atoms with van der Waals surface area (Å²) in [4.78, 5) is 6.89. The molecular formula is C15H22BrN3. The summed E-state index contributed by atoms with van der Waals surface area (Å²) in [5, 5.41) is 3.73. The minimum Gasteiger partial charge on any atom is -0.311 e. The molecule has 2 aliphatic heterocycles. The van der Waals surface area contributed by atoms with Crippen LogP contribution in [0.3, 0.4) is 0 Å². The Hall–Kier alpha value is -0.450. The van der Waals surface area contributed by atoms with Crippen molar-refractivity contribution in [2.75, 3.05) is 6.54 Å². The van der Waals surface area contributed by atoms with Crippen molar-refractivity contribution in [3.8, 4) is 0 Å². The maximum atomic E-state index is 4.27. The molecule has 2 unspecified atom stereocenters. The van der Waals surface area contributed by atoms with Crippen molar-refractivity contribution >= 4 is 15.9 Å². The number of pyridine rings is 1. The Morgan fingerprint density at radius 3 is 2.68 bits per heavy atom. The Morgan fingerprint density at radius 2 is 2.05 bits per heavy atom. The molecule has 0 saturated carbocycles. The molecule has 19 heavy (non-hydrogen) atoms. The number of hydrogen-bond donors (Lipinski definition) is 1. The highest BCUT2D eigenvalue weighted by molar-refractivity contribution is 9.10. The lowest BCUT2D eigenvalue weighted by molar-refractivity contribution is 0.140. The molecule has 3 heterocycles. The van der Waals surface area contributed by atoms with Crippen LogP contribution < -0.4 is 5.32 Å². The van der Waals surface area contributed by atoms with Gasteiger partial charge in [0, 0.05) is 41.5 Å². The first-order valence-electron chi connectivity index (χ1n) is 7.34. The molecule has 1 aromatic rings. The first-order valence-corrected chi connectivity index (χ1v) is 8.13. The lowest BCUT2D eigenvalue weighted by Gasteiger charge is -2.37. The van der Waals surface area contributed by atoms with E-state index in [-0.39, 0.29) is 0 Å². The minimum atomic E-state index is 0.739. The highest BCUT2D eigenvalue weighted by Crippen LogP contribution is 2.30. The summed E-state index contributed by atoms with van der Waals surface area (Å²) in [7, 11) is 0. The zero-order valence-corrected chi connectivity index (χ0v) is 13.1. The fourth-order valence-corrected chi connectivity index (χ4v) is 4.01. The van der Waals surface area contributed by atoms with Crippen LogP contribution in [0, 0.1) is 0 Å². The molecule has 1 aromatic heterocycles. The number of halogens is 1. The van der Waals surface area contributed by atoms with Gasteiger partial charge in [0.15, 0.2) is 0 Å². The molecule has 0 radical (unpaired) electrons. The van der Waals surface area contributed by atoms with E-state index in [1.165, 1.54) is 31.2 Å². The van der Waals surface area contributed by atoms with Gasteiger partial charge in [-0.3, -0.25) is 9.88 Å². The quantitative estimate of drug-likeness (QED) is 0.923. The van der Waals surface area contributed by atoms with E-state index in [0.717, 1.165) is 35.7 Å². The van der Waals surface area contributed by atoms with Crippen molar-refractivity contribution in [3.05, 3.63) is 28.5 Å². The summed E-state index contributed by atoms with van der Waals surface area (Å²) in [5.74, 6) is 0. The lowest BCUT2D eigenvalue weighted by Crippen LogP contribution is -2.47. The summed E-state index contributed by atoms with van der Waals surface area (Å²) in [6, 6.07) is 4.45. The van der Waals surface area contributed by atoms with Gasteiger partial charge in [-0.05, 0) is 59.8 Å². The van der Waals surface area contributed by atoms with Crippen LogP contribution in [0.5, 0.6) is 0 Å². The SMILES string of the molecule is CCN(Cc1cncc(Br)c1)C1CC2CCC(C1)N2. The van der Waals surface area contributed by atoms with Crippen molar-refractivity contribution in [1.82, 2.24) is 15.2 Å². The first-order chi connectivity index (χ1) is 9.24. The van der Waals surface area contributed by atoms with Gasteiger partial charge in [0.1, 0.15) is 0 Å². The van der Waals surface area contributed by atoms with E-state index in [0.29, 0.717) is 0 Å². The molecule has 1 N–H and O–H groups in total. The average Bonchev–Trinajstić information content (AvgIpc) is 2.75. The van der Waals surface area contributed by atoms with E-state index in [4.69, 9.17) is 0 Å². The third-order valence-corrected chi connectivity index (χ3v) is 4.95. The highest BCUT2D eigenvalue weighted by Gasteiger charge is 2.35. The Bertz CT molecular complexity index is 425. The van der Waals surface area contributed by atoms with Crippen LogP contribution in [0.25, 0.3) is 0 Å². The van der Waals surface area contributed by atoms with Crippen LogP contribution in [0.2, 0.25) is 0 Å². The predicted molar refractivity (Wildman–Crippen MR) is 81.0 cm³/mol. The third-order valence-electron chi connectivity index (χ3n) is 4.52. The number of nitrogens with one attached hydrogen (secondary N) is 1. The van der Waals surface area contributed by atoms with E-state index in [1.807, 2.05) is 12.4 Å². The van der Waals surface area contributed by atoms with Gasteiger partial charge in [-0.25, -0.2) is 0 Å². The number of aromatic nitrogens is 1. The lowest BCUT2D eigenvalue weighted by atomic mass is 9.97. The van der Waals surface area contributed by atoms with E-state index in [2.05, 4.69) is 44.1 Å². The molecule has 2 fully saturated rings. The maximum Gasteiger partial charge on any atom is 0.0410 e. The van der Waals surface area contributed by atoms with Crippen molar-refractivity contribution in [3.63, 3.8) is 0 Å². The first kappa shape index (κ1) is 13.5. The van der Waals surface area contributed by atoms with E-state index in [9.17, 15) is 0 Å². The molecule has 2 bridgehead atoms. The Balaban J connectivity index is 1.67. The summed E-state index contributed by atoms with van der Waals surface area (Å²) in [6.07, 6.45) is 9.21. The van der Waals surface area contributed by atoms with Gasteiger partial charge in [-0.1, -0.05) is 6.92 Å². The number of hydrogen-bond acceptors (Lipinski definition) is 3. The Labute approximate surface area is 123 Å². The second-order valence-corrected chi connectivity index (χ2v) is 6.75. The van der Waals surface area contributed by atoms with Crippen molar-refractivity contribution in [1.29, 1.82) is 0 Å². The number of rotatable bonds is 4. The van der Waals surface area contributed by atoms with Gasteiger partial charge < -0.3 is 5.32 Å². The van der Waals surface area contributed by atoms with Gasteiger partial charge >= 0.3 is 0 Å². The molecule has 104 valence electrons. The zero-order chi connectivity index (χ0) is 13.2. The minimum absolute atomic E-state index is 0.739. The van der Waals surface area contributed by atoms with E-state index >= 15 is 0 Å². The van der Waals surface area contributed by atoms with Gasteiger partial charge in [-0.2, -0.15) is 0 Å². The van der Waals surface area contributed by atoms with Crippen LogP contribution in [-0.2, 0) is 6.54 Å². The molecule has 0 aromatic carbocycles. The van der Waals surface area contributed by atoms with Crippen LogP contribution in [0.1, 0.15) is 38.2 Å². The normalized spacial score (nSPS) is 29.9. The molecule has 2 aliphatic rings. The van der Waals surface area contributed by atoms with Gasteiger partial charge in [0.2, 0.25) is 0 Å². The molecular weight excluding hydrogens is 302 g/mol. The fourth-order valence-electron chi connectivity index (χ4n) is 3.60. The topological polar surface area (TPSA) is 28.2 Å². The summed E-state index contributed by atoms with van der Waals surface area (Å²) in [5.41, 5.74) is 1.31. The molecule has 3 nitrogen and oxygen atoms in total. The molecule has 2 saturated heterocycles. The van der Waals surface area contributed by atoms with Gasteiger partial charge in [-0.15, -0.1) is 0 Å². The predicted octanol–water partition coefficient (Wildman–Crippen LogP) is 2.95. The molecule has 2 atom stereocenters. The smallest absolute Gasteiger partial charge is 0.0410 e. The molecule has 3 rings (SSSR count). The Kier molecular flexibility index (Phi) is 4.20. The van der Waals surface area contributed by atoms with Crippen molar-refractivity contribution in [2.45, 2.75) is 57.3 Å². The fraction of sp³-hybridized carbons (Fsp3) is 0.667. The monoisotopic (exact) mass is 323 g/mol. The van der Waals surface area contributed by atoms with Crippen LogP contribution in [0.15, 0.2) is 22.9 Å². The van der Waals surface area contributed by atoms with Crippen LogP contribution in [0.4, 0.5) is 0 Å². The standard InChI is InChI=1S/C15H22BrN3/c1-2-19(10-11-5-12(16)9-17-8-11)15-6-13-3-4-14(7-15)18-13/h5,8-9,13-15,18H,2-4,6-7,10H2,1H3. The molecule has 0 aliphatic carbocycles. The average molecular weight is 324 g/mol. The second-order valence-electron chi connectivity index (χ2n) is 5.84. The number of fused-ring (bicyclic) bond motifs is 2. The van der Waals surface area contributed by atoms with Gasteiger partial charge in [0.05, 0.1) is 0 Å². The third kappa shape index (κ3) is 3.18. The van der Waals surface area contributed by atoms with E-state index < -0.39 is 0 Å². The largest absolute Gasteiger partial charge is 0.311 e. The number of piperidine rings is 1. The maximum absolute atomic E-state index is 4.27. The zero-order valence-electron chi connectivity index (χ0n) is 11.5. The Morgan fingerprint density at radius 1 is 1.32 bits per heavy atom. The van der Waals surface area contributed by atoms with Crippen LogP contribution >= 0.6 is 15.9 Å². The molecule has 0 amide bonds. The highest BCUT2D eigenvalue weighted by atomic mass is 79.9. The molecule has 0 spiro atoms. The van der Waals surface area contributed by atoms with Crippen molar-refractivity contribution < 1.29 is 0 Å². The van der Waals surface area contributed by atoms with Crippen LogP contribution in [-0.4, -0.2) is 34.6 Å². The summed E-state index contributed by atoms with van der Waals surface area (Å²) in [6.45, 7) is 4.42. The number of nitrogens with zero attached hydrogens (tertiary/aromatic N) is 2. The van der Waals surface area contributed by atoms with Crippen molar-refractivity contribution in [2.24, 2.45) is 0 Å². The summed E-state index contributed by atoms with van der Waals surface area (Å²) >= 11 is 3.51. The molecule has 4 heteroatoms. The van der Waals surface area contributed by atoms with Gasteiger partial charge in [0.25, 0.3) is 0 Å². The second kappa shape index (κ2) is 5.90. The summed E-state index contributed by atoms with van der Waals surface area (Å²) < 4.78 is 1.08. The van der Waals surface area contributed by atoms with E-state index in [1.54, 1.807) is 0 Å².